The normalized spacial score (nSPS) is 11.2. The molecule has 25 heavy (non-hydrogen) atoms. The third-order valence-electron chi connectivity index (χ3n) is 3.71. The van der Waals surface area contributed by atoms with Crippen molar-refractivity contribution in [2.24, 2.45) is 0 Å². The standard InChI is InChI=1S/C21H17ClN2O/c22-20-11-5-4-10-18(20)13-19(17-8-2-1-3-9-17)21(25)24-15-16-7-6-12-23-14-16/h1-14H,15H2,(H,24,25)/b19-13+. The minimum atomic E-state index is -0.157. The summed E-state index contributed by atoms with van der Waals surface area (Å²) in [5, 5.41) is 3.55. The van der Waals surface area contributed by atoms with Crippen LogP contribution >= 0.6 is 11.6 Å². The first-order valence-electron chi connectivity index (χ1n) is 7.93. The fourth-order valence-corrected chi connectivity index (χ4v) is 2.62. The van der Waals surface area contributed by atoms with E-state index in [1.54, 1.807) is 12.4 Å². The highest BCUT2D eigenvalue weighted by Crippen LogP contribution is 2.23. The summed E-state index contributed by atoms with van der Waals surface area (Å²) in [6, 6.07) is 20.8. The third kappa shape index (κ3) is 4.55. The van der Waals surface area contributed by atoms with Gasteiger partial charge in [0.15, 0.2) is 0 Å². The Hall–Kier alpha value is -2.91. The fraction of sp³-hybridized carbons (Fsp3) is 0.0476. The topological polar surface area (TPSA) is 42.0 Å². The van der Waals surface area contributed by atoms with Crippen molar-refractivity contribution in [1.82, 2.24) is 10.3 Å². The van der Waals surface area contributed by atoms with Gasteiger partial charge in [0.05, 0.1) is 0 Å². The first kappa shape index (κ1) is 16.9. The zero-order valence-electron chi connectivity index (χ0n) is 13.5. The van der Waals surface area contributed by atoms with Crippen LogP contribution in [-0.4, -0.2) is 10.9 Å². The Balaban J connectivity index is 1.89. The van der Waals surface area contributed by atoms with Crippen LogP contribution in [0.3, 0.4) is 0 Å². The second kappa shape index (κ2) is 8.27. The maximum absolute atomic E-state index is 12.8. The SMILES string of the molecule is O=C(NCc1cccnc1)/C(=C/c1ccccc1Cl)c1ccccc1. The Morgan fingerprint density at radius 3 is 2.48 bits per heavy atom. The zero-order valence-corrected chi connectivity index (χ0v) is 14.3. The number of aromatic nitrogens is 1. The molecule has 0 fully saturated rings. The molecule has 3 aromatic rings. The average Bonchev–Trinajstić information content (AvgIpc) is 2.67. The smallest absolute Gasteiger partial charge is 0.252 e. The molecule has 124 valence electrons. The van der Waals surface area contributed by atoms with Crippen LogP contribution in [0.25, 0.3) is 11.6 Å². The Kier molecular flexibility index (Phi) is 5.60. The molecule has 0 aliphatic rings. The number of halogens is 1. The average molecular weight is 349 g/mol. The molecule has 3 nitrogen and oxygen atoms in total. The summed E-state index contributed by atoms with van der Waals surface area (Å²) >= 11 is 6.25. The lowest BCUT2D eigenvalue weighted by atomic mass is 10.0. The van der Waals surface area contributed by atoms with E-state index in [1.165, 1.54) is 0 Å². The van der Waals surface area contributed by atoms with Gasteiger partial charge in [0.25, 0.3) is 5.91 Å². The van der Waals surface area contributed by atoms with Gasteiger partial charge in [-0.25, -0.2) is 0 Å². The summed E-state index contributed by atoms with van der Waals surface area (Å²) in [6.45, 7) is 0.416. The van der Waals surface area contributed by atoms with E-state index in [2.05, 4.69) is 10.3 Å². The van der Waals surface area contributed by atoms with Gasteiger partial charge in [-0.15, -0.1) is 0 Å². The third-order valence-corrected chi connectivity index (χ3v) is 4.05. The van der Waals surface area contributed by atoms with Gasteiger partial charge in [0.1, 0.15) is 0 Å². The van der Waals surface area contributed by atoms with Gasteiger partial charge >= 0.3 is 0 Å². The molecule has 3 rings (SSSR count). The molecule has 0 radical (unpaired) electrons. The van der Waals surface area contributed by atoms with E-state index in [0.717, 1.165) is 16.7 Å². The molecule has 1 N–H and O–H groups in total. The monoisotopic (exact) mass is 348 g/mol. The van der Waals surface area contributed by atoms with Crippen LogP contribution in [0.15, 0.2) is 79.1 Å². The van der Waals surface area contributed by atoms with Crippen LogP contribution in [0.1, 0.15) is 16.7 Å². The lowest BCUT2D eigenvalue weighted by Crippen LogP contribution is -2.23. The van der Waals surface area contributed by atoms with Crippen LogP contribution in [-0.2, 0) is 11.3 Å². The highest BCUT2D eigenvalue weighted by molar-refractivity contribution is 6.33. The molecule has 0 aliphatic heterocycles. The van der Waals surface area contributed by atoms with Crippen LogP contribution in [0.4, 0.5) is 0 Å². The van der Waals surface area contributed by atoms with Gasteiger partial charge < -0.3 is 5.32 Å². The van der Waals surface area contributed by atoms with E-state index < -0.39 is 0 Å². The van der Waals surface area contributed by atoms with Crippen molar-refractivity contribution < 1.29 is 4.79 Å². The predicted molar refractivity (Wildman–Crippen MR) is 102 cm³/mol. The lowest BCUT2D eigenvalue weighted by Gasteiger charge is -2.10. The molecule has 0 atom stereocenters. The fourth-order valence-electron chi connectivity index (χ4n) is 2.43. The van der Waals surface area contributed by atoms with Gasteiger partial charge in [0.2, 0.25) is 0 Å². The Morgan fingerprint density at radius 1 is 1.00 bits per heavy atom. The Bertz CT molecular complexity index is 877. The van der Waals surface area contributed by atoms with Gasteiger partial charge in [-0.3, -0.25) is 9.78 Å². The number of nitrogens with zero attached hydrogens (tertiary/aromatic N) is 1. The number of benzene rings is 2. The van der Waals surface area contributed by atoms with Crippen LogP contribution < -0.4 is 5.32 Å². The summed E-state index contributed by atoms with van der Waals surface area (Å²) in [4.78, 5) is 16.9. The van der Waals surface area contributed by atoms with Gasteiger partial charge in [-0.05, 0) is 34.9 Å². The molecule has 0 saturated carbocycles. The molecule has 2 aromatic carbocycles. The number of hydrogen-bond acceptors (Lipinski definition) is 2. The second-order valence-electron chi connectivity index (χ2n) is 5.49. The van der Waals surface area contributed by atoms with Crippen molar-refractivity contribution in [3.05, 3.63) is 101 Å². The van der Waals surface area contributed by atoms with Crippen molar-refractivity contribution in [1.29, 1.82) is 0 Å². The van der Waals surface area contributed by atoms with E-state index in [9.17, 15) is 4.79 Å². The number of pyridine rings is 1. The number of hydrogen-bond donors (Lipinski definition) is 1. The zero-order chi connectivity index (χ0) is 17.5. The second-order valence-corrected chi connectivity index (χ2v) is 5.90. The van der Waals surface area contributed by atoms with E-state index in [0.29, 0.717) is 17.1 Å². The Morgan fingerprint density at radius 2 is 1.76 bits per heavy atom. The van der Waals surface area contributed by atoms with E-state index in [1.807, 2.05) is 72.8 Å². The van der Waals surface area contributed by atoms with Crippen molar-refractivity contribution in [3.63, 3.8) is 0 Å². The lowest BCUT2D eigenvalue weighted by molar-refractivity contribution is -0.115. The van der Waals surface area contributed by atoms with Crippen LogP contribution in [0, 0.1) is 0 Å². The number of carbonyl (C=O) groups excluding carboxylic acids is 1. The summed E-state index contributed by atoms with van der Waals surface area (Å²) in [6.07, 6.45) is 5.26. The summed E-state index contributed by atoms with van der Waals surface area (Å²) < 4.78 is 0. The van der Waals surface area contributed by atoms with E-state index >= 15 is 0 Å². The molecule has 1 amide bonds. The molecule has 0 saturated heterocycles. The Labute approximate surface area is 152 Å². The number of nitrogens with one attached hydrogen (secondary N) is 1. The largest absolute Gasteiger partial charge is 0.348 e. The van der Waals surface area contributed by atoms with Crippen molar-refractivity contribution >= 4 is 29.2 Å². The van der Waals surface area contributed by atoms with Gasteiger partial charge in [-0.1, -0.05) is 66.2 Å². The molecule has 4 heteroatoms. The van der Waals surface area contributed by atoms with Crippen LogP contribution in [0.5, 0.6) is 0 Å². The molecular formula is C21H17ClN2O. The van der Waals surface area contributed by atoms with Crippen molar-refractivity contribution in [2.75, 3.05) is 0 Å². The molecular weight excluding hydrogens is 332 g/mol. The first-order valence-corrected chi connectivity index (χ1v) is 8.30. The quantitative estimate of drug-likeness (QED) is 0.541. The number of amides is 1. The minimum Gasteiger partial charge on any atom is -0.348 e. The van der Waals surface area contributed by atoms with Gasteiger partial charge in [-0.2, -0.15) is 0 Å². The van der Waals surface area contributed by atoms with Crippen molar-refractivity contribution in [3.8, 4) is 0 Å². The molecule has 1 aromatic heterocycles. The summed E-state index contributed by atoms with van der Waals surface area (Å²) in [5.41, 5.74) is 3.16. The summed E-state index contributed by atoms with van der Waals surface area (Å²) in [7, 11) is 0. The van der Waals surface area contributed by atoms with Crippen LogP contribution in [0.2, 0.25) is 5.02 Å². The minimum absolute atomic E-state index is 0.157. The number of carbonyl (C=O) groups is 1. The number of rotatable bonds is 5. The predicted octanol–water partition coefficient (Wildman–Crippen LogP) is 4.59. The van der Waals surface area contributed by atoms with Gasteiger partial charge in [0, 0.05) is 29.5 Å². The molecule has 0 unspecified atom stereocenters. The molecule has 0 spiro atoms. The summed E-state index contributed by atoms with van der Waals surface area (Å²) in [5.74, 6) is -0.157. The van der Waals surface area contributed by atoms with E-state index in [4.69, 9.17) is 11.6 Å². The highest BCUT2D eigenvalue weighted by atomic mass is 35.5. The first-order chi connectivity index (χ1) is 12.2. The maximum atomic E-state index is 12.8. The molecule has 0 bridgehead atoms. The van der Waals surface area contributed by atoms with E-state index in [-0.39, 0.29) is 5.91 Å². The highest BCUT2D eigenvalue weighted by Gasteiger charge is 2.12. The van der Waals surface area contributed by atoms with Crippen molar-refractivity contribution in [2.45, 2.75) is 6.54 Å². The molecule has 0 aliphatic carbocycles. The maximum Gasteiger partial charge on any atom is 0.252 e. The molecule has 1 heterocycles.